The number of aromatic nitrogens is 2. The summed E-state index contributed by atoms with van der Waals surface area (Å²) >= 11 is 0. The highest BCUT2D eigenvalue weighted by atomic mass is 19.4. The Bertz CT molecular complexity index is 1570. The van der Waals surface area contributed by atoms with Crippen LogP contribution in [0.25, 0.3) is 17.3 Å². The molecule has 2 aliphatic rings. The van der Waals surface area contributed by atoms with Gasteiger partial charge in [0.25, 0.3) is 0 Å². The van der Waals surface area contributed by atoms with Crippen molar-refractivity contribution in [2.45, 2.75) is 26.9 Å². The lowest BCUT2D eigenvalue weighted by molar-refractivity contribution is -0.137. The lowest BCUT2D eigenvalue weighted by atomic mass is 10.0. The number of alkyl halides is 3. The summed E-state index contributed by atoms with van der Waals surface area (Å²) in [7, 11) is 3.81. The average molecular weight is 575 g/mol. The van der Waals surface area contributed by atoms with Gasteiger partial charge < -0.3 is 19.7 Å². The van der Waals surface area contributed by atoms with Gasteiger partial charge in [0.2, 0.25) is 0 Å². The van der Waals surface area contributed by atoms with Gasteiger partial charge in [-0.25, -0.2) is 0 Å². The van der Waals surface area contributed by atoms with Crippen LogP contribution in [0.15, 0.2) is 73.3 Å². The number of hydrogen-bond donors (Lipinski definition) is 1. The van der Waals surface area contributed by atoms with Crippen LogP contribution in [0, 0.1) is 13.8 Å². The third-order valence-electron chi connectivity index (χ3n) is 7.81. The highest BCUT2D eigenvalue weighted by molar-refractivity contribution is 5.90. The summed E-state index contributed by atoms with van der Waals surface area (Å²) in [5, 5.41) is 0. The first-order valence-electron chi connectivity index (χ1n) is 14.0. The van der Waals surface area contributed by atoms with Gasteiger partial charge in [-0.1, -0.05) is 18.7 Å². The summed E-state index contributed by atoms with van der Waals surface area (Å²) in [5.74, 6) is 0.542. The lowest BCUT2D eigenvalue weighted by Gasteiger charge is -2.36. The Morgan fingerprint density at radius 3 is 2.40 bits per heavy atom. The molecule has 0 aliphatic carbocycles. The van der Waals surface area contributed by atoms with Crippen LogP contribution < -0.4 is 9.80 Å². The van der Waals surface area contributed by atoms with Gasteiger partial charge in [-0.15, -0.1) is 0 Å². The molecular weight excluding hydrogens is 537 g/mol. The number of nitrogens with one attached hydrogen (secondary N) is 1. The number of likely N-dealkylation sites (N-methyl/N-ethyl adjacent to an activating group) is 1. The molecule has 1 aromatic carbocycles. The Morgan fingerprint density at radius 1 is 1.02 bits per heavy atom. The second-order valence-corrected chi connectivity index (χ2v) is 10.9. The summed E-state index contributed by atoms with van der Waals surface area (Å²) in [6.07, 6.45) is 5.22. The molecule has 1 fully saturated rings. The van der Waals surface area contributed by atoms with Crippen molar-refractivity contribution in [3.05, 3.63) is 107 Å². The van der Waals surface area contributed by atoms with E-state index in [1.165, 1.54) is 6.07 Å². The molecule has 0 radical (unpaired) electrons. The van der Waals surface area contributed by atoms with Gasteiger partial charge in [0.05, 0.1) is 17.0 Å². The van der Waals surface area contributed by atoms with E-state index in [-0.39, 0.29) is 5.69 Å². The second-order valence-electron chi connectivity index (χ2n) is 10.9. The maximum absolute atomic E-state index is 14.4. The van der Waals surface area contributed by atoms with Crippen LogP contribution in [-0.4, -0.2) is 60.0 Å². The molecule has 42 heavy (non-hydrogen) atoms. The van der Waals surface area contributed by atoms with Gasteiger partial charge in [0, 0.05) is 68.4 Å². The summed E-state index contributed by atoms with van der Waals surface area (Å²) in [6, 6.07) is 10.6. The van der Waals surface area contributed by atoms with Gasteiger partial charge in [0.1, 0.15) is 5.82 Å². The van der Waals surface area contributed by atoms with E-state index in [0.717, 1.165) is 28.1 Å². The molecule has 2 aliphatic heterocycles. The lowest BCUT2D eigenvalue weighted by Crippen LogP contribution is -2.45. The number of allylic oxidation sites excluding steroid dienone is 3. The number of pyridine rings is 1. The summed E-state index contributed by atoms with van der Waals surface area (Å²) in [6.45, 7) is 12.7. The fourth-order valence-electron chi connectivity index (χ4n) is 5.51. The van der Waals surface area contributed by atoms with Gasteiger partial charge >= 0.3 is 6.18 Å². The van der Waals surface area contributed by atoms with E-state index in [1.54, 1.807) is 28.1 Å². The highest BCUT2D eigenvalue weighted by Gasteiger charge is 2.37. The molecule has 3 aromatic rings. The van der Waals surface area contributed by atoms with Crippen molar-refractivity contribution in [3.63, 3.8) is 0 Å². The number of aryl methyl sites for hydroxylation is 2. The second kappa shape index (κ2) is 11.6. The molecule has 6 nitrogen and oxygen atoms in total. The van der Waals surface area contributed by atoms with Crippen LogP contribution in [0.4, 0.5) is 24.5 Å². The smallest absolute Gasteiger partial charge is 0.368 e. The predicted molar refractivity (Wildman–Crippen MR) is 166 cm³/mol. The number of hydrogen-bond acceptors (Lipinski definition) is 5. The van der Waals surface area contributed by atoms with E-state index in [4.69, 9.17) is 0 Å². The van der Waals surface area contributed by atoms with Crippen LogP contribution >= 0.6 is 0 Å². The molecule has 0 atom stereocenters. The van der Waals surface area contributed by atoms with Crippen molar-refractivity contribution in [1.82, 2.24) is 19.8 Å². The SMILES string of the molecule is C=C1N(C)C=C(c2cc(C(/C=C/C)=C/c3cc(C)[nH]c3C)ccn2)N1c1ccc(N2CCN(C)CC2)c(C(F)(F)F)c1. The van der Waals surface area contributed by atoms with Crippen molar-refractivity contribution < 1.29 is 13.2 Å². The van der Waals surface area contributed by atoms with Crippen molar-refractivity contribution >= 4 is 28.7 Å². The third kappa shape index (κ3) is 5.87. The molecule has 4 heterocycles. The van der Waals surface area contributed by atoms with E-state index in [2.05, 4.69) is 33.6 Å². The Balaban J connectivity index is 1.54. The molecule has 2 aromatic heterocycles. The number of piperazine rings is 1. The zero-order valence-electron chi connectivity index (χ0n) is 24.8. The number of nitrogens with zero attached hydrogens (tertiary/aromatic N) is 5. The fourth-order valence-corrected chi connectivity index (χ4v) is 5.51. The number of aromatic amines is 1. The third-order valence-corrected chi connectivity index (χ3v) is 7.81. The van der Waals surface area contributed by atoms with Gasteiger partial charge in [-0.3, -0.25) is 9.88 Å². The van der Waals surface area contributed by atoms with Crippen LogP contribution in [0.1, 0.15) is 40.7 Å². The van der Waals surface area contributed by atoms with Crippen molar-refractivity contribution in [2.75, 3.05) is 50.1 Å². The normalized spacial score (nSPS) is 17.1. The number of anilines is 2. The Kier molecular flexibility index (Phi) is 8.06. The Labute approximate surface area is 245 Å². The van der Waals surface area contributed by atoms with Gasteiger partial charge in [-0.05, 0) is 87.0 Å². The Morgan fingerprint density at radius 2 is 1.76 bits per heavy atom. The maximum atomic E-state index is 14.4. The molecule has 0 saturated carbocycles. The van der Waals surface area contributed by atoms with Gasteiger partial charge in [0.15, 0.2) is 0 Å². The largest absolute Gasteiger partial charge is 0.418 e. The quantitative estimate of drug-likeness (QED) is 0.317. The highest BCUT2D eigenvalue weighted by Crippen LogP contribution is 2.43. The minimum absolute atomic E-state index is 0.208. The molecule has 0 spiro atoms. The number of halogens is 3. The van der Waals surface area contributed by atoms with Gasteiger partial charge in [-0.2, -0.15) is 13.2 Å². The van der Waals surface area contributed by atoms with Crippen LogP contribution in [0.5, 0.6) is 0 Å². The van der Waals surface area contributed by atoms with Crippen LogP contribution in [-0.2, 0) is 6.18 Å². The topological polar surface area (TPSA) is 41.6 Å². The van der Waals surface area contributed by atoms with Crippen LogP contribution in [0.2, 0.25) is 0 Å². The molecule has 0 unspecified atom stereocenters. The van der Waals surface area contributed by atoms with E-state index < -0.39 is 11.7 Å². The molecule has 1 N–H and O–H groups in total. The first-order chi connectivity index (χ1) is 20.0. The monoisotopic (exact) mass is 574 g/mol. The standard InChI is InChI=1S/C33H37F3N6/c1-7-8-25(18-27-17-22(2)38-23(27)3)26-11-12-37-30(19-26)32-21-40(6)24(4)42(32)28-9-10-31(29(20-28)33(34,35)36)41-15-13-39(5)14-16-41/h7-12,17-21,38H,4,13-16H2,1-3,5-6H3/b8-7+,25-18+. The molecule has 1 saturated heterocycles. The summed E-state index contributed by atoms with van der Waals surface area (Å²) in [5.41, 5.74) is 6.42. The summed E-state index contributed by atoms with van der Waals surface area (Å²) < 4.78 is 43.3. The zero-order chi connectivity index (χ0) is 30.2. The maximum Gasteiger partial charge on any atom is 0.418 e. The first-order valence-corrected chi connectivity index (χ1v) is 14.0. The van der Waals surface area contributed by atoms with Crippen LogP contribution in [0.3, 0.4) is 0 Å². The van der Waals surface area contributed by atoms with Crippen molar-refractivity contribution in [1.29, 1.82) is 0 Å². The molecular formula is C33H37F3N6. The molecule has 5 rings (SSSR count). The number of H-pyrrole nitrogens is 1. The molecule has 0 bridgehead atoms. The van der Waals surface area contributed by atoms with Crippen molar-refractivity contribution in [2.24, 2.45) is 0 Å². The zero-order valence-corrected chi connectivity index (χ0v) is 24.8. The molecule has 9 heteroatoms. The van der Waals surface area contributed by atoms with E-state index in [0.29, 0.717) is 49.1 Å². The predicted octanol–water partition coefficient (Wildman–Crippen LogP) is 7.14. The van der Waals surface area contributed by atoms with E-state index in [1.807, 2.05) is 70.3 Å². The van der Waals surface area contributed by atoms with E-state index >= 15 is 0 Å². The Hall–Kier alpha value is -4.24. The first kappa shape index (κ1) is 29.3. The summed E-state index contributed by atoms with van der Waals surface area (Å²) in [4.78, 5) is 15.5. The molecule has 220 valence electrons. The average Bonchev–Trinajstić information content (AvgIpc) is 3.44. The van der Waals surface area contributed by atoms with Crippen molar-refractivity contribution in [3.8, 4) is 0 Å². The molecule has 0 amide bonds. The fraction of sp³-hybridized carbons (Fsp3) is 0.303. The minimum atomic E-state index is -4.51. The number of rotatable bonds is 6. The number of benzene rings is 1. The minimum Gasteiger partial charge on any atom is -0.368 e. The van der Waals surface area contributed by atoms with E-state index in [9.17, 15) is 13.2 Å².